The summed E-state index contributed by atoms with van der Waals surface area (Å²) in [5.74, 6) is -0.307. The standard InChI is InChI=1S/C12H17F2N/c1-3-9(4-2)8-15-12-7-10(13)5-6-11(12)14/h5-7,9,15H,3-4,8H2,1-2H3. The van der Waals surface area contributed by atoms with Crippen LogP contribution in [0.3, 0.4) is 0 Å². The predicted molar refractivity (Wildman–Crippen MR) is 58.9 cm³/mol. The van der Waals surface area contributed by atoms with Crippen LogP contribution in [0.2, 0.25) is 0 Å². The maximum atomic E-state index is 13.2. The zero-order valence-corrected chi connectivity index (χ0v) is 9.19. The summed E-state index contributed by atoms with van der Waals surface area (Å²) >= 11 is 0. The Morgan fingerprint density at radius 2 is 1.87 bits per heavy atom. The molecule has 0 unspecified atom stereocenters. The zero-order valence-electron chi connectivity index (χ0n) is 9.19. The normalized spacial score (nSPS) is 10.7. The maximum absolute atomic E-state index is 13.2. The average molecular weight is 213 g/mol. The van der Waals surface area contributed by atoms with Crippen LogP contribution in [-0.2, 0) is 0 Å². The lowest BCUT2D eigenvalue weighted by molar-refractivity contribution is 0.516. The molecule has 0 saturated heterocycles. The molecule has 1 nitrogen and oxygen atoms in total. The monoisotopic (exact) mass is 213 g/mol. The van der Waals surface area contributed by atoms with E-state index in [1.165, 1.54) is 6.07 Å². The van der Waals surface area contributed by atoms with Crippen molar-refractivity contribution in [3.63, 3.8) is 0 Å². The van der Waals surface area contributed by atoms with Crippen LogP contribution < -0.4 is 5.32 Å². The van der Waals surface area contributed by atoms with Gasteiger partial charge < -0.3 is 5.32 Å². The minimum atomic E-state index is -0.413. The molecule has 0 fully saturated rings. The van der Waals surface area contributed by atoms with Crippen LogP contribution >= 0.6 is 0 Å². The Balaban J connectivity index is 2.60. The van der Waals surface area contributed by atoms with E-state index >= 15 is 0 Å². The average Bonchev–Trinajstić information content (AvgIpc) is 2.24. The van der Waals surface area contributed by atoms with E-state index in [0.29, 0.717) is 12.5 Å². The Hall–Kier alpha value is -1.12. The number of benzene rings is 1. The van der Waals surface area contributed by atoms with Crippen LogP contribution in [0.25, 0.3) is 0 Å². The summed E-state index contributed by atoms with van der Waals surface area (Å²) in [5, 5.41) is 2.94. The summed E-state index contributed by atoms with van der Waals surface area (Å²) in [7, 11) is 0. The van der Waals surface area contributed by atoms with Crippen molar-refractivity contribution in [1.82, 2.24) is 0 Å². The Morgan fingerprint density at radius 3 is 2.47 bits per heavy atom. The first-order valence-corrected chi connectivity index (χ1v) is 5.36. The third kappa shape index (κ3) is 3.50. The number of rotatable bonds is 5. The van der Waals surface area contributed by atoms with Gasteiger partial charge in [0.25, 0.3) is 0 Å². The highest BCUT2D eigenvalue weighted by Crippen LogP contribution is 2.17. The van der Waals surface area contributed by atoms with Gasteiger partial charge in [-0.15, -0.1) is 0 Å². The van der Waals surface area contributed by atoms with Crippen LogP contribution in [0.5, 0.6) is 0 Å². The van der Waals surface area contributed by atoms with E-state index in [9.17, 15) is 8.78 Å². The summed E-state index contributed by atoms with van der Waals surface area (Å²) in [6.45, 7) is 4.88. The second kappa shape index (κ2) is 5.69. The molecule has 1 aromatic rings. The van der Waals surface area contributed by atoms with Gasteiger partial charge in [0, 0.05) is 6.54 Å². The highest BCUT2D eigenvalue weighted by molar-refractivity contribution is 5.44. The molecule has 1 rings (SSSR count). The predicted octanol–water partition coefficient (Wildman–Crippen LogP) is 3.81. The van der Waals surface area contributed by atoms with Gasteiger partial charge in [0.1, 0.15) is 11.6 Å². The van der Waals surface area contributed by atoms with Crippen LogP contribution in [0.15, 0.2) is 18.2 Å². The Bertz CT molecular complexity index is 308. The third-order valence-electron chi connectivity index (χ3n) is 2.66. The van der Waals surface area contributed by atoms with Gasteiger partial charge in [0.15, 0.2) is 0 Å². The highest BCUT2D eigenvalue weighted by Gasteiger charge is 2.06. The minimum Gasteiger partial charge on any atom is -0.382 e. The van der Waals surface area contributed by atoms with Crippen molar-refractivity contribution in [2.75, 3.05) is 11.9 Å². The molecule has 0 atom stereocenters. The van der Waals surface area contributed by atoms with Crippen molar-refractivity contribution in [2.24, 2.45) is 5.92 Å². The topological polar surface area (TPSA) is 12.0 Å². The van der Waals surface area contributed by atoms with E-state index in [2.05, 4.69) is 19.2 Å². The molecular formula is C12H17F2N. The van der Waals surface area contributed by atoms with E-state index in [0.717, 1.165) is 25.0 Å². The molecule has 1 N–H and O–H groups in total. The molecule has 84 valence electrons. The van der Waals surface area contributed by atoms with Gasteiger partial charge in [-0.3, -0.25) is 0 Å². The third-order valence-corrected chi connectivity index (χ3v) is 2.66. The molecule has 1 aromatic carbocycles. The van der Waals surface area contributed by atoms with Gasteiger partial charge >= 0.3 is 0 Å². The fourth-order valence-electron chi connectivity index (χ4n) is 1.46. The van der Waals surface area contributed by atoms with Crippen molar-refractivity contribution in [2.45, 2.75) is 26.7 Å². The summed E-state index contributed by atoms with van der Waals surface area (Å²) in [6.07, 6.45) is 2.08. The number of nitrogens with one attached hydrogen (secondary N) is 1. The lowest BCUT2D eigenvalue weighted by atomic mass is 10.0. The molecule has 0 radical (unpaired) electrons. The van der Waals surface area contributed by atoms with E-state index in [1.807, 2.05) is 0 Å². The van der Waals surface area contributed by atoms with E-state index in [1.54, 1.807) is 0 Å². The SMILES string of the molecule is CCC(CC)CNc1cc(F)ccc1F. The fourth-order valence-corrected chi connectivity index (χ4v) is 1.46. The first-order chi connectivity index (χ1) is 7.17. The van der Waals surface area contributed by atoms with Crippen molar-refractivity contribution in [1.29, 1.82) is 0 Å². The fraction of sp³-hybridized carbons (Fsp3) is 0.500. The quantitative estimate of drug-likeness (QED) is 0.784. The van der Waals surface area contributed by atoms with E-state index < -0.39 is 11.6 Å². The first-order valence-electron chi connectivity index (χ1n) is 5.36. The smallest absolute Gasteiger partial charge is 0.146 e. The molecule has 0 aliphatic carbocycles. The zero-order chi connectivity index (χ0) is 11.3. The molecule has 0 amide bonds. The van der Waals surface area contributed by atoms with Crippen LogP contribution in [-0.4, -0.2) is 6.54 Å². The van der Waals surface area contributed by atoms with Crippen molar-refractivity contribution in [3.8, 4) is 0 Å². The van der Waals surface area contributed by atoms with Gasteiger partial charge in [0.05, 0.1) is 5.69 Å². The van der Waals surface area contributed by atoms with Crippen molar-refractivity contribution in [3.05, 3.63) is 29.8 Å². The molecule has 0 spiro atoms. The molecule has 0 saturated carbocycles. The summed E-state index contributed by atoms with van der Waals surface area (Å²) in [5.41, 5.74) is 0.252. The highest BCUT2D eigenvalue weighted by atomic mass is 19.1. The molecule has 15 heavy (non-hydrogen) atoms. The number of anilines is 1. The Labute approximate surface area is 89.5 Å². The number of hydrogen-bond acceptors (Lipinski definition) is 1. The van der Waals surface area contributed by atoms with E-state index in [4.69, 9.17) is 0 Å². The van der Waals surface area contributed by atoms with Crippen LogP contribution in [0.4, 0.5) is 14.5 Å². The lowest BCUT2D eigenvalue weighted by Crippen LogP contribution is -2.13. The van der Waals surface area contributed by atoms with Gasteiger partial charge in [0.2, 0.25) is 0 Å². The molecular weight excluding hydrogens is 196 g/mol. The van der Waals surface area contributed by atoms with Crippen LogP contribution in [0, 0.1) is 17.6 Å². The molecule has 0 aromatic heterocycles. The number of halogens is 2. The van der Waals surface area contributed by atoms with Gasteiger partial charge in [-0.05, 0) is 24.1 Å². The molecule has 0 aliphatic rings. The van der Waals surface area contributed by atoms with E-state index in [-0.39, 0.29) is 5.69 Å². The largest absolute Gasteiger partial charge is 0.382 e. The molecule has 0 heterocycles. The first kappa shape index (κ1) is 12.0. The Morgan fingerprint density at radius 1 is 1.20 bits per heavy atom. The lowest BCUT2D eigenvalue weighted by Gasteiger charge is -2.14. The molecule has 0 aliphatic heterocycles. The van der Waals surface area contributed by atoms with Crippen molar-refractivity contribution < 1.29 is 8.78 Å². The number of hydrogen-bond donors (Lipinski definition) is 1. The summed E-state index contributed by atoms with van der Waals surface area (Å²) in [6, 6.07) is 3.46. The van der Waals surface area contributed by atoms with Gasteiger partial charge in [-0.25, -0.2) is 8.78 Å². The Kier molecular flexibility index (Phi) is 4.53. The minimum absolute atomic E-state index is 0.252. The summed E-state index contributed by atoms with van der Waals surface area (Å²) in [4.78, 5) is 0. The van der Waals surface area contributed by atoms with Gasteiger partial charge in [-0.2, -0.15) is 0 Å². The van der Waals surface area contributed by atoms with Gasteiger partial charge in [-0.1, -0.05) is 26.7 Å². The van der Waals surface area contributed by atoms with Crippen LogP contribution in [0.1, 0.15) is 26.7 Å². The second-order valence-electron chi connectivity index (χ2n) is 3.69. The molecule has 3 heteroatoms. The van der Waals surface area contributed by atoms with Crippen molar-refractivity contribution >= 4 is 5.69 Å². The second-order valence-corrected chi connectivity index (χ2v) is 3.69. The molecule has 0 bridgehead atoms. The summed E-state index contributed by atoms with van der Waals surface area (Å²) < 4.78 is 26.0. The maximum Gasteiger partial charge on any atom is 0.146 e.